The molecule has 0 N–H and O–H groups in total. The highest BCUT2D eigenvalue weighted by atomic mass is 19.1. The third-order valence-corrected chi connectivity index (χ3v) is 5.65. The van der Waals surface area contributed by atoms with Crippen molar-refractivity contribution in [3.05, 3.63) is 77.5 Å². The quantitative estimate of drug-likeness (QED) is 0.323. The number of aromatic nitrogens is 1. The SMILES string of the molecule is Cc1c(C)c(F)c2c(oc3cc(F)ccc32)c1-c1c2ccccc2cc[n+]1C. The molecule has 4 heteroatoms. The molecule has 5 rings (SSSR count). The van der Waals surface area contributed by atoms with Crippen LogP contribution in [0.25, 0.3) is 44.0 Å². The Bertz CT molecular complexity index is 1420. The van der Waals surface area contributed by atoms with E-state index in [1.165, 1.54) is 12.1 Å². The number of nitrogens with zero attached hydrogens (tertiary/aromatic N) is 1. The number of pyridine rings is 1. The molecule has 0 aliphatic carbocycles. The van der Waals surface area contributed by atoms with Crippen LogP contribution in [0.2, 0.25) is 0 Å². The van der Waals surface area contributed by atoms with Gasteiger partial charge in [-0.3, -0.25) is 0 Å². The summed E-state index contributed by atoms with van der Waals surface area (Å²) in [4.78, 5) is 0. The third-order valence-electron chi connectivity index (χ3n) is 5.65. The van der Waals surface area contributed by atoms with E-state index in [0.717, 1.165) is 27.6 Å². The molecule has 0 aliphatic rings. The average Bonchev–Trinajstić information content (AvgIpc) is 3.06. The Kier molecular flexibility index (Phi) is 3.53. The first-order valence-corrected chi connectivity index (χ1v) is 9.15. The normalized spacial score (nSPS) is 11.8. The first-order chi connectivity index (χ1) is 13.5. The predicted octanol–water partition coefficient (Wildman–Crippen LogP) is 6.13. The largest absolute Gasteiger partial charge is 0.455 e. The standard InChI is InChI=1S/C24H18F2NO/c1-13-14(2)22(26)21-18-9-8-16(25)12-19(18)28-24(21)20(13)23-17-7-5-4-6-15(17)10-11-27(23)3/h4-12H,1-3H3/q+1. The van der Waals surface area contributed by atoms with Crippen LogP contribution in [0.3, 0.4) is 0 Å². The molecular weight excluding hydrogens is 356 g/mol. The van der Waals surface area contributed by atoms with Crippen LogP contribution < -0.4 is 4.57 Å². The Morgan fingerprint density at radius 3 is 2.50 bits per heavy atom. The van der Waals surface area contributed by atoms with Gasteiger partial charge in [0.05, 0.1) is 16.3 Å². The smallest absolute Gasteiger partial charge is 0.224 e. The van der Waals surface area contributed by atoms with E-state index in [4.69, 9.17) is 4.42 Å². The molecule has 138 valence electrons. The Balaban J connectivity index is 2.05. The Morgan fingerprint density at radius 2 is 1.68 bits per heavy atom. The summed E-state index contributed by atoms with van der Waals surface area (Å²) in [5.74, 6) is -0.720. The van der Waals surface area contributed by atoms with Crippen LogP contribution in [0.1, 0.15) is 11.1 Å². The molecule has 0 saturated carbocycles. The van der Waals surface area contributed by atoms with Crippen LogP contribution in [-0.2, 0) is 7.05 Å². The highest BCUT2D eigenvalue weighted by Crippen LogP contribution is 2.42. The second-order valence-electron chi connectivity index (χ2n) is 7.25. The van der Waals surface area contributed by atoms with Gasteiger partial charge >= 0.3 is 0 Å². The Morgan fingerprint density at radius 1 is 0.893 bits per heavy atom. The predicted molar refractivity (Wildman–Crippen MR) is 107 cm³/mol. The van der Waals surface area contributed by atoms with Gasteiger partial charge in [-0.2, -0.15) is 0 Å². The number of rotatable bonds is 1. The fraction of sp³-hybridized carbons (Fsp3) is 0.125. The summed E-state index contributed by atoms with van der Waals surface area (Å²) in [7, 11) is 1.97. The summed E-state index contributed by atoms with van der Waals surface area (Å²) >= 11 is 0. The summed E-state index contributed by atoms with van der Waals surface area (Å²) in [6.45, 7) is 3.68. The first kappa shape index (κ1) is 16.9. The molecule has 0 amide bonds. The lowest BCUT2D eigenvalue weighted by atomic mass is 9.93. The molecule has 5 aromatic rings. The highest BCUT2D eigenvalue weighted by Gasteiger charge is 2.27. The summed E-state index contributed by atoms with van der Waals surface area (Å²) in [5, 5.41) is 3.13. The molecule has 0 bridgehead atoms. The number of fused-ring (bicyclic) bond motifs is 4. The van der Waals surface area contributed by atoms with Gasteiger partial charge in [-0.05, 0) is 48.6 Å². The average molecular weight is 374 g/mol. The first-order valence-electron chi connectivity index (χ1n) is 9.15. The molecule has 0 aliphatic heterocycles. The van der Waals surface area contributed by atoms with Crippen molar-refractivity contribution in [2.45, 2.75) is 13.8 Å². The van der Waals surface area contributed by atoms with Crippen molar-refractivity contribution in [1.82, 2.24) is 0 Å². The van der Waals surface area contributed by atoms with E-state index in [1.54, 1.807) is 13.0 Å². The van der Waals surface area contributed by atoms with Crippen LogP contribution in [-0.4, -0.2) is 0 Å². The fourth-order valence-electron chi connectivity index (χ4n) is 4.09. The van der Waals surface area contributed by atoms with Crippen LogP contribution in [0, 0.1) is 25.5 Å². The van der Waals surface area contributed by atoms with Crippen molar-refractivity contribution in [2.24, 2.45) is 7.05 Å². The maximum absolute atomic E-state index is 15.3. The number of hydrogen-bond donors (Lipinski definition) is 0. The molecule has 2 heterocycles. The van der Waals surface area contributed by atoms with Crippen molar-refractivity contribution >= 4 is 32.7 Å². The van der Waals surface area contributed by atoms with Gasteiger partial charge in [0.1, 0.15) is 24.3 Å². The van der Waals surface area contributed by atoms with Crippen LogP contribution in [0.15, 0.2) is 59.1 Å². The molecular formula is C24H18F2NO+. The van der Waals surface area contributed by atoms with Crippen LogP contribution >= 0.6 is 0 Å². The summed E-state index contributed by atoms with van der Waals surface area (Å²) in [5.41, 5.74) is 3.98. The lowest BCUT2D eigenvalue weighted by Gasteiger charge is -2.12. The second kappa shape index (κ2) is 5.86. The Hall–Kier alpha value is -3.27. The Labute approximate surface area is 160 Å². The van der Waals surface area contributed by atoms with Crippen LogP contribution in [0.5, 0.6) is 0 Å². The van der Waals surface area contributed by atoms with E-state index in [9.17, 15) is 4.39 Å². The topological polar surface area (TPSA) is 17.0 Å². The fourth-order valence-corrected chi connectivity index (χ4v) is 4.09. The van der Waals surface area contributed by atoms with E-state index in [1.807, 2.05) is 36.9 Å². The molecule has 0 radical (unpaired) electrons. The van der Waals surface area contributed by atoms with Gasteiger partial charge in [-0.25, -0.2) is 13.3 Å². The number of benzene rings is 3. The molecule has 28 heavy (non-hydrogen) atoms. The molecule has 0 spiro atoms. The number of hydrogen-bond acceptors (Lipinski definition) is 1. The number of aryl methyl sites for hydroxylation is 1. The number of halogens is 2. The van der Waals surface area contributed by atoms with Crippen molar-refractivity contribution < 1.29 is 17.8 Å². The van der Waals surface area contributed by atoms with E-state index in [2.05, 4.69) is 18.2 Å². The minimum atomic E-state index is -0.405. The second-order valence-corrected chi connectivity index (χ2v) is 7.25. The highest BCUT2D eigenvalue weighted by molar-refractivity contribution is 6.12. The van der Waals surface area contributed by atoms with E-state index in [0.29, 0.717) is 27.5 Å². The van der Waals surface area contributed by atoms with Crippen molar-refractivity contribution in [2.75, 3.05) is 0 Å². The molecule has 0 fully saturated rings. The third kappa shape index (κ3) is 2.21. The minimum Gasteiger partial charge on any atom is -0.455 e. The van der Waals surface area contributed by atoms with Gasteiger partial charge < -0.3 is 4.42 Å². The molecule has 2 aromatic heterocycles. The maximum Gasteiger partial charge on any atom is 0.224 e. The van der Waals surface area contributed by atoms with Crippen molar-refractivity contribution in [1.29, 1.82) is 0 Å². The van der Waals surface area contributed by atoms with Gasteiger partial charge in [0, 0.05) is 17.5 Å². The van der Waals surface area contributed by atoms with Gasteiger partial charge in [-0.1, -0.05) is 18.2 Å². The van der Waals surface area contributed by atoms with Crippen molar-refractivity contribution in [3.8, 4) is 11.3 Å². The summed E-state index contributed by atoms with van der Waals surface area (Å²) in [6.07, 6.45) is 1.99. The lowest BCUT2D eigenvalue weighted by molar-refractivity contribution is -0.659. The zero-order valence-electron chi connectivity index (χ0n) is 15.8. The number of furan rings is 1. The molecule has 3 aromatic carbocycles. The minimum absolute atomic E-state index is 0.315. The van der Waals surface area contributed by atoms with Gasteiger partial charge in [0.15, 0.2) is 11.8 Å². The molecule has 0 atom stereocenters. The van der Waals surface area contributed by atoms with Crippen LogP contribution in [0.4, 0.5) is 8.78 Å². The molecule has 0 saturated heterocycles. The zero-order chi connectivity index (χ0) is 19.6. The summed E-state index contributed by atoms with van der Waals surface area (Å²) < 4.78 is 37.1. The summed E-state index contributed by atoms with van der Waals surface area (Å²) in [6, 6.07) is 14.4. The zero-order valence-corrected chi connectivity index (χ0v) is 15.8. The molecule has 0 unspecified atom stereocenters. The van der Waals surface area contributed by atoms with E-state index < -0.39 is 5.82 Å². The van der Waals surface area contributed by atoms with Gasteiger partial charge in [0.2, 0.25) is 5.69 Å². The monoisotopic (exact) mass is 374 g/mol. The van der Waals surface area contributed by atoms with Crippen molar-refractivity contribution in [3.63, 3.8) is 0 Å². The van der Waals surface area contributed by atoms with E-state index in [-0.39, 0.29) is 5.82 Å². The maximum atomic E-state index is 15.3. The van der Waals surface area contributed by atoms with Gasteiger partial charge in [-0.15, -0.1) is 0 Å². The van der Waals surface area contributed by atoms with Gasteiger partial charge in [0.25, 0.3) is 0 Å². The lowest BCUT2D eigenvalue weighted by Crippen LogP contribution is -2.31. The molecule has 2 nitrogen and oxygen atoms in total. The van der Waals surface area contributed by atoms with E-state index >= 15 is 4.39 Å².